The van der Waals surface area contributed by atoms with Gasteiger partial charge in [-0.25, -0.2) is 0 Å². The van der Waals surface area contributed by atoms with E-state index in [0.29, 0.717) is 0 Å². The van der Waals surface area contributed by atoms with Crippen LogP contribution in [0.3, 0.4) is 0 Å². The van der Waals surface area contributed by atoms with Crippen LogP contribution < -0.4 is 0 Å². The molecular formula is C11H9N3O. The summed E-state index contributed by atoms with van der Waals surface area (Å²) in [5.74, 6) is 0.936. The number of fused-ring (bicyclic) bond motifs is 1. The first-order valence-electron chi connectivity index (χ1n) is 4.74. The lowest BCUT2D eigenvalue weighted by Crippen LogP contribution is -1.87. The molecule has 0 spiro atoms. The Morgan fingerprint density at radius 2 is 2.13 bits per heavy atom. The van der Waals surface area contributed by atoms with Gasteiger partial charge in [0, 0.05) is 6.42 Å². The molecule has 15 heavy (non-hydrogen) atoms. The molecule has 74 valence electrons. The molecule has 0 saturated heterocycles. The Morgan fingerprint density at radius 1 is 1.13 bits per heavy atom. The van der Waals surface area contributed by atoms with Gasteiger partial charge in [0.1, 0.15) is 16.8 Å². The normalized spacial score (nSPS) is 10.9. The Balaban J connectivity index is 2.07. The van der Waals surface area contributed by atoms with Gasteiger partial charge in [0.15, 0.2) is 0 Å². The number of nitrogens with zero attached hydrogens (tertiary/aromatic N) is 2. The minimum atomic E-state index is 0.747. The van der Waals surface area contributed by atoms with Crippen LogP contribution in [0.4, 0.5) is 0 Å². The molecule has 2 aromatic heterocycles. The van der Waals surface area contributed by atoms with Gasteiger partial charge in [-0.05, 0) is 23.8 Å². The van der Waals surface area contributed by atoms with Gasteiger partial charge >= 0.3 is 0 Å². The molecule has 0 aliphatic carbocycles. The van der Waals surface area contributed by atoms with Crippen molar-refractivity contribution in [3.63, 3.8) is 0 Å². The molecular weight excluding hydrogens is 190 g/mol. The number of nitrogens with one attached hydrogen (secondary N) is 1. The summed E-state index contributed by atoms with van der Waals surface area (Å²) in [6, 6.07) is 9.79. The van der Waals surface area contributed by atoms with Crippen molar-refractivity contribution in [3.8, 4) is 0 Å². The molecule has 0 fully saturated rings. The monoisotopic (exact) mass is 199 g/mol. The fraction of sp³-hybridized carbons (Fsp3) is 0.0909. The zero-order chi connectivity index (χ0) is 10.1. The third-order valence-electron chi connectivity index (χ3n) is 2.38. The quantitative estimate of drug-likeness (QED) is 0.687. The lowest BCUT2D eigenvalue weighted by atomic mass is 10.1. The van der Waals surface area contributed by atoms with Crippen molar-refractivity contribution in [1.82, 2.24) is 15.4 Å². The minimum absolute atomic E-state index is 0.747. The third-order valence-corrected chi connectivity index (χ3v) is 2.38. The molecule has 4 heteroatoms. The number of rotatable bonds is 2. The topological polar surface area (TPSA) is 54.7 Å². The standard InChI is InChI=1S/C11H9N3O/c1-3-8(7-9-4-2-6-15-9)11-10(5-1)12-14-13-11/h1-6H,7H2,(H,12,13,14). The number of hydrogen-bond donors (Lipinski definition) is 1. The second-order valence-corrected chi connectivity index (χ2v) is 3.36. The first-order valence-corrected chi connectivity index (χ1v) is 4.74. The van der Waals surface area contributed by atoms with E-state index in [1.807, 2.05) is 30.3 Å². The summed E-state index contributed by atoms with van der Waals surface area (Å²) in [5, 5.41) is 10.8. The van der Waals surface area contributed by atoms with Crippen molar-refractivity contribution in [2.45, 2.75) is 6.42 Å². The van der Waals surface area contributed by atoms with Crippen molar-refractivity contribution in [1.29, 1.82) is 0 Å². The Labute approximate surface area is 85.9 Å². The van der Waals surface area contributed by atoms with Gasteiger partial charge in [-0.15, -0.1) is 0 Å². The van der Waals surface area contributed by atoms with Crippen LogP contribution in [-0.2, 0) is 6.42 Å². The van der Waals surface area contributed by atoms with Crippen molar-refractivity contribution < 1.29 is 4.42 Å². The van der Waals surface area contributed by atoms with Gasteiger partial charge in [-0.2, -0.15) is 15.4 Å². The van der Waals surface area contributed by atoms with E-state index in [1.165, 1.54) is 0 Å². The highest BCUT2D eigenvalue weighted by atomic mass is 16.3. The number of aromatic amines is 1. The summed E-state index contributed by atoms with van der Waals surface area (Å²) in [6.07, 6.45) is 2.43. The maximum atomic E-state index is 5.30. The van der Waals surface area contributed by atoms with E-state index in [-0.39, 0.29) is 0 Å². The van der Waals surface area contributed by atoms with E-state index < -0.39 is 0 Å². The SMILES string of the molecule is c1coc(Cc2cccc3n[nH]nc23)c1. The summed E-state index contributed by atoms with van der Waals surface area (Å²) >= 11 is 0. The first-order chi connectivity index (χ1) is 7.43. The zero-order valence-corrected chi connectivity index (χ0v) is 7.97. The molecule has 3 aromatic rings. The second-order valence-electron chi connectivity index (χ2n) is 3.36. The molecule has 0 saturated carbocycles. The zero-order valence-electron chi connectivity index (χ0n) is 7.97. The Kier molecular flexibility index (Phi) is 1.78. The molecule has 0 aliphatic rings. The molecule has 2 heterocycles. The highest BCUT2D eigenvalue weighted by Gasteiger charge is 2.06. The van der Waals surface area contributed by atoms with E-state index in [2.05, 4.69) is 15.4 Å². The number of hydrogen-bond acceptors (Lipinski definition) is 3. The molecule has 4 nitrogen and oxygen atoms in total. The van der Waals surface area contributed by atoms with Crippen LogP contribution in [0.15, 0.2) is 41.0 Å². The van der Waals surface area contributed by atoms with Crippen LogP contribution in [0, 0.1) is 0 Å². The average molecular weight is 199 g/mol. The summed E-state index contributed by atoms with van der Waals surface area (Å²) in [5.41, 5.74) is 2.92. The maximum Gasteiger partial charge on any atom is 0.116 e. The largest absolute Gasteiger partial charge is 0.469 e. The molecule has 1 N–H and O–H groups in total. The van der Waals surface area contributed by atoms with E-state index in [1.54, 1.807) is 6.26 Å². The minimum Gasteiger partial charge on any atom is -0.469 e. The Bertz CT molecular complexity index is 568. The molecule has 0 aliphatic heterocycles. The van der Waals surface area contributed by atoms with Gasteiger partial charge < -0.3 is 4.42 Å². The molecule has 3 rings (SSSR count). The van der Waals surface area contributed by atoms with Crippen LogP contribution in [0.5, 0.6) is 0 Å². The predicted molar refractivity (Wildman–Crippen MR) is 55.4 cm³/mol. The van der Waals surface area contributed by atoms with Crippen molar-refractivity contribution in [3.05, 3.63) is 47.9 Å². The molecule has 0 amide bonds. The first kappa shape index (κ1) is 8.23. The summed E-state index contributed by atoms with van der Waals surface area (Å²) in [6.45, 7) is 0. The average Bonchev–Trinajstić information content (AvgIpc) is 2.87. The Hall–Kier alpha value is -2.10. The van der Waals surface area contributed by atoms with Crippen molar-refractivity contribution in [2.75, 3.05) is 0 Å². The number of aromatic nitrogens is 3. The summed E-state index contributed by atoms with van der Waals surface area (Å²) in [7, 11) is 0. The number of benzene rings is 1. The summed E-state index contributed by atoms with van der Waals surface area (Å²) in [4.78, 5) is 0. The van der Waals surface area contributed by atoms with Crippen molar-refractivity contribution in [2.24, 2.45) is 0 Å². The molecule has 0 radical (unpaired) electrons. The fourth-order valence-electron chi connectivity index (χ4n) is 1.67. The molecule has 0 bridgehead atoms. The summed E-state index contributed by atoms with van der Waals surface area (Å²) < 4.78 is 5.30. The smallest absolute Gasteiger partial charge is 0.116 e. The van der Waals surface area contributed by atoms with E-state index in [0.717, 1.165) is 28.8 Å². The van der Waals surface area contributed by atoms with Crippen LogP contribution in [0.2, 0.25) is 0 Å². The molecule has 0 atom stereocenters. The lowest BCUT2D eigenvalue weighted by molar-refractivity contribution is 0.521. The van der Waals surface area contributed by atoms with Gasteiger partial charge in [0.05, 0.1) is 6.26 Å². The van der Waals surface area contributed by atoms with Gasteiger partial charge in [0.25, 0.3) is 0 Å². The van der Waals surface area contributed by atoms with Crippen LogP contribution in [0.25, 0.3) is 11.0 Å². The van der Waals surface area contributed by atoms with Crippen LogP contribution in [-0.4, -0.2) is 15.4 Å². The highest BCUT2D eigenvalue weighted by molar-refractivity contribution is 5.77. The fourth-order valence-corrected chi connectivity index (χ4v) is 1.67. The van der Waals surface area contributed by atoms with Crippen LogP contribution in [0.1, 0.15) is 11.3 Å². The van der Waals surface area contributed by atoms with Gasteiger partial charge in [-0.1, -0.05) is 12.1 Å². The number of H-pyrrole nitrogens is 1. The van der Waals surface area contributed by atoms with Gasteiger partial charge in [-0.3, -0.25) is 0 Å². The highest BCUT2D eigenvalue weighted by Crippen LogP contribution is 2.17. The number of furan rings is 1. The van der Waals surface area contributed by atoms with E-state index >= 15 is 0 Å². The van der Waals surface area contributed by atoms with Gasteiger partial charge in [0.2, 0.25) is 0 Å². The Morgan fingerprint density at radius 3 is 3.00 bits per heavy atom. The molecule has 0 unspecified atom stereocenters. The maximum absolute atomic E-state index is 5.30. The van der Waals surface area contributed by atoms with E-state index in [9.17, 15) is 0 Å². The lowest BCUT2D eigenvalue weighted by Gasteiger charge is -1.97. The molecule has 1 aromatic carbocycles. The van der Waals surface area contributed by atoms with Crippen molar-refractivity contribution >= 4 is 11.0 Å². The third kappa shape index (κ3) is 1.40. The number of para-hydroxylation sites is 1. The van der Waals surface area contributed by atoms with E-state index in [4.69, 9.17) is 4.42 Å². The predicted octanol–water partition coefficient (Wildman–Crippen LogP) is 2.14. The van der Waals surface area contributed by atoms with Crippen LogP contribution >= 0.6 is 0 Å². The second kappa shape index (κ2) is 3.24.